The summed E-state index contributed by atoms with van der Waals surface area (Å²) in [6, 6.07) is 10.5. The van der Waals surface area contributed by atoms with E-state index < -0.39 is 0 Å². The summed E-state index contributed by atoms with van der Waals surface area (Å²) in [4.78, 5) is 23.9. The van der Waals surface area contributed by atoms with Crippen molar-refractivity contribution in [3.8, 4) is 11.5 Å². The Hall–Kier alpha value is -2.33. The first-order valence-electron chi connectivity index (χ1n) is 9.20. The fourth-order valence-electron chi connectivity index (χ4n) is 2.40. The van der Waals surface area contributed by atoms with E-state index in [-0.39, 0.29) is 30.8 Å². The molecule has 2 aromatic rings. The van der Waals surface area contributed by atoms with Crippen molar-refractivity contribution in [3.63, 3.8) is 0 Å². The Morgan fingerprint density at radius 2 is 1.90 bits per heavy atom. The fraction of sp³-hybridized carbons (Fsp3) is 0.286. The van der Waals surface area contributed by atoms with Gasteiger partial charge in [-0.15, -0.1) is 0 Å². The number of hydrogen-bond donors (Lipinski definition) is 2. The van der Waals surface area contributed by atoms with Crippen LogP contribution in [0.25, 0.3) is 0 Å². The van der Waals surface area contributed by atoms with Crippen LogP contribution in [-0.2, 0) is 9.59 Å². The molecule has 2 aromatic carbocycles. The topological polar surface area (TPSA) is 89.0 Å². The number of nitrogens with zero attached hydrogens (tertiary/aromatic N) is 1. The minimum atomic E-state index is -0.373. The fourth-order valence-corrected chi connectivity index (χ4v) is 3.34. The Kier molecular flexibility index (Phi) is 9.38. The molecular weight excluding hydrogens is 521 g/mol. The number of anilines is 1. The van der Waals surface area contributed by atoms with Crippen molar-refractivity contribution in [2.45, 2.75) is 32.8 Å². The van der Waals surface area contributed by atoms with Gasteiger partial charge >= 0.3 is 0 Å². The summed E-state index contributed by atoms with van der Waals surface area (Å²) >= 11 is 8.15. The van der Waals surface area contributed by atoms with Crippen molar-refractivity contribution in [2.75, 3.05) is 12.4 Å². The number of ether oxygens (including phenoxy) is 2. The van der Waals surface area contributed by atoms with E-state index in [2.05, 4.69) is 38.4 Å². The molecule has 2 amide bonds. The van der Waals surface area contributed by atoms with Crippen molar-refractivity contribution < 1.29 is 19.1 Å². The number of methoxy groups -OCH3 is 1. The second-order valence-electron chi connectivity index (χ2n) is 6.52. The lowest BCUT2D eigenvalue weighted by Crippen LogP contribution is -2.20. The Morgan fingerprint density at radius 3 is 2.57 bits per heavy atom. The molecule has 30 heavy (non-hydrogen) atoms. The molecule has 0 radical (unpaired) electrons. The molecular formula is C21H23ClIN3O4. The van der Waals surface area contributed by atoms with Gasteiger partial charge in [-0.25, -0.2) is 5.43 Å². The van der Waals surface area contributed by atoms with E-state index in [4.69, 9.17) is 21.1 Å². The molecule has 9 heteroatoms. The molecule has 2 N–H and O–H groups in total. The summed E-state index contributed by atoms with van der Waals surface area (Å²) in [7, 11) is 1.56. The van der Waals surface area contributed by atoms with Crippen LogP contribution in [0.5, 0.6) is 11.5 Å². The first-order chi connectivity index (χ1) is 14.3. The van der Waals surface area contributed by atoms with Crippen LogP contribution in [0.3, 0.4) is 0 Å². The third-order valence-corrected chi connectivity index (χ3v) is 4.87. The van der Waals surface area contributed by atoms with Crippen LogP contribution in [-0.4, -0.2) is 31.2 Å². The number of para-hydroxylation sites is 1. The van der Waals surface area contributed by atoms with Crippen molar-refractivity contribution >= 4 is 57.9 Å². The Bertz CT molecular complexity index is 934. The molecule has 0 saturated heterocycles. The van der Waals surface area contributed by atoms with Crippen LogP contribution < -0.4 is 20.2 Å². The molecule has 160 valence electrons. The molecule has 0 spiro atoms. The summed E-state index contributed by atoms with van der Waals surface area (Å²) in [6.45, 7) is 3.88. The summed E-state index contributed by atoms with van der Waals surface area (Å²) < 4.78 is 12.0. The number of rotatable bonds is 9. The number of carbonyl (C=O) groups excluding carboxylic acids is 2. The van der Waals surface area contributed by atoms with Gasteiger partial charge in [0.1, 0.15) is 0 Å². The van der Waals surface area contributed by atoms with Gasteiger partial charge in [0.2, 0.25) is 11.8 Å². The standard InChI is InChI=1S/C21H23ClIN3O4/c1-13(2)30-21-16(23)10-14(11-18(21)29-3)12-24-26-20(28)9-8-19(27)25-17-7-5-4-6-15(17)22/h4-7,10-13H,8-9H2,1-3H3,(H,25,27)(H,26,28). The van der Waals surface area contributed by atoms with Gasteiger partial charge in [-0.2, -0.15) is 5.10 Å². The normalized spacial score (nSPS) is 10.9. The molecule has 0 aliphatic carbocycles. The van der Waals surface area contributed by atoms with Crippen LogP contribution in [0.15, 0.2) is 41.5 Å². The van der Waals surface area contributed by atoms with Crippen LogP contribution >= 0.6 is 34.2 Å². The molecule has 0 aliphatic heterocycles. The molecule has 2 rings (SSSR count). The maximum absolute atomic E-state index is 12.0. The van der Waals surface area contributed by atoms with Gasteiger partial charge in [0.15, 0.2) is 11.5 Å². The van der Waals surface area contributed by atoms with E-state index in [1.165, 1.54) is 6.21 Å². The molecule has 0 fully saturated rings. The van der Waals surface area contributed by atoms with Gasteiger partial charge in [0.05, 0.1) is 33.7 Å². The number of carbonyl (C=O) groups is 2. The second kappa shape index (κ2) is 11.8. The van der Waals surface area contributed by atoms with E-state index in [0.717, 1.165) is 9.13 Å². The average molecular weight is 544 g/mol. The zero-order chi connectivity index (χ0) is 22.1. The predicted octanol–water partition coefficient (Wildman–Crippen LogP) is 4.61. The molecule has 0 saturated carbocycles. The SMILES string of the molecule is COc1cc(C=NNC(=O)CCC(=O)Nc2ccccc2Cl)cc(I)c1OC(C)C. The molecule has 0 aliphatic rings. The van der Waals surface area contributed by atoms with E-state index in [9.17, 15) is 9.59 Å². The largest absolute Gasteiger partial charge is 0.493 e. The third kappa shape index (κ3) is 7.49. The highest BCUT2D eigenvalue weighted by Crippen LogP contribution is 2.34. The number of hydrazone groups is 1. The average Bonchev–Trinajstić information content (AvgIpc) is 2.69. The summed E-state index contributed by atoms with van der Waals surface area (Å²) in [6.07, 6.45) is 1.53. The molecule has 0 atom stereocenters. The minimum absolute atomic E-state index is 0.00432. The lowest BCUT2D eigenvalue weighted by atomic mass is 10.2. The van der Waals surface area contributed by atoms with Gasteiger partial charge in [-0.3, -0.25) is 9.59 Å². The first kappa shape index (κ1) is 23.9. The van der Waals surface area contributed by atoms with Crippen molar-refractivity contribution in [1.82, 2.24) is 5.43 Å². The molecule has 0 aromatic heterocycles. The van der Waals surface area contributed by atoms with Crippen molar-refractivity contribution in [2.24, 2.45) is 5.10 Å². The van der Waals surface area contributed by atoms with Crippen LogP contribution in [0.4, 0.5) is 5.69 Å². The van der Waals surface area contributed by atoms with Crippen LogP contribution in [0.2, 0.25) is 5.02 Å². The van der Waals surface area contributed by atoms with Crippen LogP contribution in [0.1, 0.15) is 32.3 Å². The number of hydrogen-bond acceptors (Lipinski definition) is 5. The highest BCUT2D eigenvalue weighted by molar-refractivity contribution is 14.1. The molecule has 7 nitrogen and oxygen atoms in total. The van der Waals surface area contributed by atoms with Crippen LogP contribution in [0, 0.1) is 3.57 Å². The predicted molar refractivity (Wildman–Crippen MR) is 127 cm³/mol. The molecule has 0 heterocycles. The van der Waals surface area contributed by atoms with Gasteiger partial charge in [-0.05, 0) is 66.3 Å². The lowest BCUT2D eigenvalue weighted by molar-refractivity contribution is -0.124. The highest BCUT2D eigenvalue weighted by Gasteiger charge is 2.13. The van der Waals surface area contributed by atoms with E-state index in [1.807, 2.05) is 19.9 Å². The summed E-state index contributed by atoms with van der Waals surface area (Å²) in [5.41, 5.74) is 3.67. The monoisotopic (exact) mass is 543 g/mol. The molecule has 0 bridgehead atoms. The Morgan fingerprint density at radius 1 is 1.20 bits per heavy atom. The highest BCUT2D eigenvalue weighted by atomic mass is 127. The van der Waals surface area contributed by atoms with Gasteiger partial charge in [0.25, 0.3) is 0 Å². The van der Waals surface area contributed by atoms with Crippen molar-refractivity contribution in [1.29, 1.82) is 0 Å². The smallest absolute Gasteiger partial charge is 0.240 e. The van der Waals surface area contributed by atoms with E-state index in [0.29, 0.717) is 22.2 Å². The minimum Gasteiger partial charge on any atom is -0.493 e. The second-order valence-corrected chi connectivity index (χ2v) is 8.09. The van der Waals surface area contributed by atoms with E-state index in [1.54, 1.807) is 37.4 Å². The Balaban J connectivity index is 1.87. The number of benzene rings is 2. The van der Waals surface area contributed by atoms with Crippen molar-refractivity contribution in [3.05, 3.63) is 50.6 Å². The summed E-state index contributed by atoms with van der Waals surface area (Å²) in [5.74, 6) is 0.572. The third-order valence-electron chi connectivity index (χ3n) is 3.74. The zero-order valence-corrected chi connectivity index (χ0v) is 19.8. The first-order valence-corrected chi connectivity index (χ1v) is 10.7. The lowest BCUT2D eigenvalue weighted by Gasteiger charge is -2.15. The molecule has 0 unspecified atom stereocenters. The van der Waals surface area contributed by atoms with Gasteiger partial charge in [-0.1, -0.05) is 23.7 Å². The Labute approximate surface area is 194 Å². The van der Waals surface area contributed by atoms with E-state index >= 15 is 0 Å². The maximum Gasteiger partial charge on any atom is 0.240 e. The number of halogens is 2. The summed E-state index contributed by atoms with van der Waals surface area (Å²) in [5, 5.41) is 7.06. The maximum atomic E-state index is 12.0. The number of nitrogens with one attached hydrogen (secondary N) is 2. The number of amides is 2. The zero-order valence-electron chi connectivity index (χ0n) is 16.9. The quantitative estimate of drug-likeness (QED) is 0.275. The van der Waals surface area contributed by atoms with Gasteiger partial charge < -0.3 is 14.8 Å². The van der Waals surface area contributed by atoms with Gasteiger partial charge in [0, 0.05) is 12.8 Å².